The molecular weight excluding hydrogens is 337 g/mol. The van der Waals surface area contributed by atoms with Crippen molar-refractivity contribution in [2.45, 2.75) is 6.18 Å². The van der Waals surface area contributed by atoms with Crippen LogP contribution in [0, 0.1) is 11.3 Å². The summed E-state index contributed by atoms with van der Waals surface area (Å²) in [6.45, 7) is 0. The number of carboxylic acid groups (broad SMARTS) is 1. The van der Waals surface area contributed by atoms with Crippen LogP contribution in [0.15, 0.2) is 42.6 Å². The van der Waals surface area contributed by atoms with Crippen molar-refractivity contribution in [3.63, 3.8) is 0 Å². The first kappa shape index (κ1) is 16.4. The Hall–Kier alpha value is -3.47. The van der Waals surface area contributed by atoms with Crippen molar-refractivity contribution in [3.8, 4) is 17.5 Å². The molecule has 3 rings (SSSR count). The molecule has 0 fully saturated rings. The van der Waals surface area contributed by atoms with Gasteiger partial charge in [0.05, 0.1) is 16.6 Å². The number of hydrogen-bond donors (Lipinski definition) is 2. The molecule has 0 saturated carbocycles. The standard InChI is InChI=1S/C17H9F3N2O3/c18-17(19,20)10-1-4-14-13(5-10)9(7-21)8-22(14)11-2-3-12(16(24)25)15(23)6-11/h1-6,8,23H,(H,24,25). The molecule has 0 aliphatic carbocycles. The van der Waals surface area contributed by atoms with Gasteiger partial charge in [0.1, 0.15) is 17.4 Å². The zero-order chi connectivity index (χ0) is 18.4. The predicted octanol–water partition coefficient (Wildman–Crippen LogP) is 3.92. The molecule has 0 atom stereocenters. The van der Waals surface area contributed by atoms with Gasteiger partial charge in [-0.05, 0) is 30.3 Å². The number of halogens is 3. The van der Waals surface area contributed by atoms with E-state index in [-0.39, 0.29) is 16.5 Å². The monoisotopic (exact) mass is 346 g/mol. The number of carboxylic acids is 1. The van der Waals surface area contributed by atoms with E-state index < -0.39 is 23.5 Å². The quantitative estimate of drug-likeness (QED) is 0.736. The number of nitriles is 1. The smallest absolute Gasteiger partial charge is 0.416 e. The Kier molecular flexibility index (Phi) is 3.64. The number of aromatic carboxylic acids is 1. The molecule has 0 spiro atoms. The summed E-state index contributed by atoms with van der Waals surface area (Å²) in [6.07, 6.45) is -3.20. The van der Waals surface area contributed by atoms with Gasteiger partial charge >= 0.3 is 12.1 Å². The molecule has 2 N–H and O–H groups in total. The highest BCUT2D eigenvalue weighted by atomic mass is 19.4. The van der Waals surface area contributed by atoms with E-state index in [1.54, 1.807) is 0 Å². The molecule has 2 aromatic carbocycles. The Labute approximate surface area is 138 Å². The van der Waals surface area contributed by atoms with Gasteiger partial charge in [0, 0.05) is 23.3 Å². The molecule has 0 aliphatic rings. The number of alkyl halides is 3. The summed E-state index contributed by atoms with van der Waals surface area (Å²) in [7, 11) is 0. The molecule has 1 aromatic heterocycles. The minimum atomic E-state index is -4.54. The van der Waals surface area contributed by atoms with Crippen LogP contribution in [0.4, 0.5) is 13.2 Å². The minimum Gasteiger partial charge on any atom is -0.507 e. The van der Waals surface area contributed by atoms with Gasteiger partial charge in [-0.15, -0.1) is 0 Å². The Morgan fingerprint density at radius 2 is 1.88 bits per heavy atom. The number of benzene rings is 2. The lowest BCUT2D eigenvalue weighted by molar-refractivity contribution is -0.137. The van der Waals surface area contributed by atoms with E-state index in [9.17, 15) is 28.3 Å². The fourth-order valence-electron chi connectivity index (χ4n) is 2.56. The summed E-state index contributed by atoms with van der Waals surface area (Å²) >= 11 is 0. The zero-order valence-electron chi connectivity index (χ0n) is 12.4. The van der Waals surface area contributed by atoms with Gasteiger partial charge in [0.2, 0.25) is 0 Å². The maximum atomic E-state index is 12.9. The maximum absolute atomic E-state index is 12.9. The van der Waals surface area contributed by atoms with Crippen molar-refractivity contribution in [2.75, 3.05) is 0 Å². The second-order valence-corrected chi connectivity index (χ2v) is 5.26. The second kappa shape index (κ2) is 5.56. The third-order valence-electron chi connectivity index (χ3n) is 3.74. The van der Waals surface area contributed by atoms with Gasteiger partial charge in [-0.25, -0.2) is 4.79 Å². The highest BCUT2D eigenvalue weighted by molar-refractivity contribution is 5.92. The van der Waals surface area contributed by atoms with Crippen LogP contribution in [0.1, 0.15) is 21.5 Å². The van der Waals surface area contributed by atoms with E-state index in [0.717, 1.165) is 12.1 Å². The summed E-state index contributed by atoms with van der Waals surface area (Å²) in [5.41, 5.74) is -0.512. The first-order valence-corrected chi connectivity index (χ1v) is 6.91. The normalized spacial score (nSPS) is 11.4. The van der Waals surface area contributed by atoms with Gasteiger partial charge in [0.15, 0.2) is 0 Å². The Morgan fingerprint density at radius 3 is 2.44 bits per heavy atom. The number of aromatic hydroxyl groups is 1. The summed E-state index contributed by atoms with van der Waals surface area (Å²) in [5.74, 6) is -1.80. The second-order valence-electron chi connectivity index (χ2n) is 5.26. The van der Waals surface area contributed by atoms with Gasteiger partial charge in [-0.3, -0.25) is 0 Å². The highest BCUT2D eigenvalue weighted by Crippen LogP contribution is 2.34. The van der Waals surface area contributed by atoms with E-state index in [1.807, 2.05) is 6.07 Å². The fourth-order valence-corrected chi connectivity index (χ4v) is 2.56. The van der Waals surface area contributed by atoms with E-state index in [1.165, 1.54) is 35.0 Å². The number of fused-ring (bicyclic) bond motifs is 1. The molecule has 3 aromatic rings. The van der Waals surface area contributed by atoms with Gasteiger partial charge in [0.25, 0.3) is 0 Å². The lowest BCUT2D eigenvalue weighted by atomic mass is 10.1. The number of rotatable bonds is 2. The van der Waals surface area contributed by atoms with Gasteiger partial charge in [-0.2, -0.15) is 18.4 Å². The number of aromatic nitrogens is 1. The molecule has 0 radical (unpaired) electrons. The van der Waals surface area contributed by atoms with E-state index >= 15 is 0 Å². The molecule has 0 aliphatic heterocycles. The van der Waals surface area contributed by atoms with Gasteiger partial charge in [-0.1, -0.05) is 0 Å². The molecule has 25 heavy (non-hydrogen) atoms. The van der Waals surface area contributed by atoms with Crippen LogP contribution in [0.25, 0.3) is 16.6 Å². The molecule has 1 heterocycles. The third-order valence-corrected chi connectivity index (χ3v) is 3.74. The minimum absolute atomic E-state index is 0.0305. The number of hydrogen-bond acceptors (Lipinski definition) is 3. The molecule has 0 unspecified atom stereocenters. The Balaban J connectivity index is 2.23. The fraction of sp³-hybridized carbons (Fsp3) is 0.0588. The van der Waals surface area contributed by atoms with E-state index in [0.29, 0.717) is 11.2 Å². The molecule has 0 bridgehead atoms. The van der Waals surface area contributed by atoms with Crippen LogP contribution in [-0.2, 0) is 6.18 Å². The van der Waals surface area contributed by atoms with Crippen molar-refractivity contribution < 1.29 is 28.2 Å². The molecule has 8 heteroatoms. The molecule has 0 saturated heterocycles. The highest BCUT2D eigenvalue weighted by Gasteiger charge is 2.31. The van der Waals surface area contributed by atoms with Crippen molar-refractivity contribution in [3.05, 3.63) is 59.3 Å². The van der Waals surface area contributed by atoms with Crippen molar-refractivity contribution >= 4 is 16.9 Å². The first-order chi connectivity index (χ1) is 11.7. The van der Waals surface area contributed by atoms with Gasteiger partial charge < -0.3 is 14.8 Å². The van der Waals surface area contributed by atoms with Crippen LogP contribution in [0.5, 0.6) is 5.75 Å². The first-order valence-electron chi connectivity index (χ1n) is 6.91. The molecule has 0 amide bonds. The van der Waals surface area contributed by atoms with Crippen molar-refractivity contribution in [1.82, 2.24) is 4.57 Å². The summed E-state index contributed by atoms with van der Waals surface area (Å²) in [5, 5.41) is 28.0. The van der Waals surface area contributed by atoms with Crippen LogP contribution < -0.4 is 0 Å². The van der Waals surface area contributed by atoms with Crippen molar-refractivity contribution in [1.29, 1.82) is 5.26 Å². The molecule has 5 nitrogen and oxygen atoms in total. The number of carbonyl (C=O) groups is 1. The lowest BCUT2D eigenvalue weighted by Crippen LogP contribution is -2.04. The Bertz CT molecular complexity index is 1050. The Morgan fingerprint density at radius 1 is 1.16 bits per heavy atom. The number of phenols is 1. The van der Waals surface area contributed by atoms with Crippen LogP contribution >= 0.6 is 0 Å². The summed E-state index contributed by atoms with van der Waals surface area (Å²) in [6, 6.07) is 8.57. The maximum Gasteiger partial charge on any atom is 0.416 e. The van der Waals surface area contributed by atoms with Crippen LogP contribution in [-0.4, -0.2) is 20.7 Å². The predicted molar refractivity (Wildman–Crippen MR) is 81.6 cm³/mol. The molecular formula is C17H9F3N2O3. The average Bonchev–Trinajstić information content (AvgIpc) is 2.91. The van der Waals surface area contributed by atoms with E-state index in [2.05, 4.69) is 0 Å². The van der Waals surface area contributed by atoms with Crippen LogP contribution in [0.3, 0.4) is 0 Å². The zero-order valence-corrected chi connectivity index (χ0v) is 12.4. The largest absolute Gasteiger partial charge is 0.507 e. The third kappa shape index (κ3) is 2.76. The molecule has 126 valence electrons. The van der Waals surface area contributed by atoms with Crippen molar-refractivity contribution in [2.24, 2.45) is 0 Å². The van der Waals surface area contributed by atoms with Crippen LogP contribution in [0.2, 0.25) is 0 Å². The van der Waals surface area contributed by atoms with E-state index in [4.69, 9.17) is 5.11 Å². The topological polar surface area (TPSA) is 86.2 Å². The average molecular weight is 346 g/mol. The lowest BCUT2D eigenvalue weighted by Gasteiger charge is -2.09. The SMILES string of the molecule is N#Cc1cn(-c2ccc(C(=O)O)c(O)c2)c2ccc(C(F)(F)F)cc12. The summed E-state index contributed by atoms with van der Waals surface area (Å²) < 4.78 is 40.0. The number of nitrogens with zero attached hydrogens (tertiary/aromatic N) is 2. The summed E-state index contributed by atoms with van der Waals surface area (Å²) in [4.78, 5) is 10.9.